The maximum atomic E-state index is 12.8. The SMILES string of the molecule is CN(C)CCN1C[C@H](C(=O)N2CCC(Cn3ccnc3)CC2)CC1=O. The largest absolute Gasteiger partial charge is 0.342 e. The van der Waals surface area contributed by atoms with Crippen molar-refractivity contribution in [1.29, 1.82) is 0 Å². The molecule has 0 unspecified atom stereocenters. The number of nitrogens with zero attached hydrogens (tertiary/aromatic N) is 5. The Hall–Kier alpha value is -1.89. The van der Waals surface area contributed by atoms with Crippen molar-refractivity contribution in [2.45, 2.75) is 25.8 Å². The number of rotatable bonds is 6. The third-order valence-corrected chi connectivity index (χ3v) is 5.34. The molecule has 2 fully saturated rings. The van der Waals surface area contributed by atoms with Gasteiger partial charge in [0.15, 0.2) is 0 Å². The minimum absolute atomic E-state index is 0.121. The van der Waals surface area contributed by atoms with E-state index in [1.54, 1.807) is 6.20 Å². The standard InChI is InChI=1S/C18H29N5O2/c1-20(2)9-10-23-13-16(11-17(23)24)18(25)22-6-3-15(4-7-22)12-21-8-5-19-14-21/h5,8,14-16H,3-4,6-7,9-13H2,1-2H3/t16-/m1/s1. The fourth-order valence-corrected chi connectivity index (χ4v) is 3.76. The second kappa shape index (κ2) is 7.99. The zero-order valence-electron chi connectivity index (χ0n) is 15.3. The average molecular weight is 347 g/mol. The van der Waals surface area contributed by atoms with Gasteiger partial charge in [-0.15, -0.1) is 0 Å². The second-order valence-corrected chi connectivity index (χ2v) is 7.57. The molecule has 0 radical (unpaired) electrons. The highest BCUT2D eigenvalue weighted by Gasteiger charge is 2.37. The van der Waals surface area contributed by atoms with Crippen molar-refractivity contribution in [2.75, 3.05) is 46.8 Å². The Bertz CT molecular complexity index is 578. The van der Waals surface area contributed by atoms with Gasteiger partial charge in [0.2, 0.25) is 11.8 Å². The first kappa shape index (κ1) is 17.9. The molecule has 3 rings (SSSR count). The van der Waals surface area contributed by atoms with E-state index in [0.29, 0.717) is 25.4 Å². The van der Waals surface area contributed by atoms with Crippen molar-refractivity contribution in [1.82, 2.24) is 24.3 Å². The van der Waals surface area contributed by atoms with Crippen LogP contribution in [-0.4, -0.2) is 82.9 Å². The monoisotopic (exact) mass is 347 g/mol. The Labute approximate surface area is 149 Å². The number of likely N-dealkylation sites (N-methyl/N-ethyl adjacent to an activating group) is 1. The first-order valence-corrected chi connectivity index (χ1v) is 9.20. The first-order valence-electron chi connectivity index (χ1n) is 9.20. The molecule has 0 spiro atoms. The molecule has 1 atom stereocenters. The molecule has 7 heteroatoms. The maximum Gasteiger partial charge on any atom is 0.227 e. The molecule has 3 heterocycles. The van der Waals surface area contributed by atoms with Crippen molar-refractivity contribution >= 4 is 11.8 Å². The van der Waals surface area contributed by atoms with Gasteiger partial charge >= 0.3 is 0 Å². The van der Waals surface area contributed by atoms with Crippen molar-refractivity contribution in [3.8, 4) is 0 Å². The summed E-state index contributed by atoms with van der Waals surface area (Å²) in [5.74, 6) is 0.733. The van der Waals surface area contributed by atoms with E-state index in [0.717, 1.165) is 39.0 Å². The molecule has 0 aromatic carbocycles. The number of hydrogen-bond acceptors (Lipinski definition) is 4. The summed E-state index contributed by atoms with van der Waals surface area (Å²) in [5.41, 5.74) is 0. The van der Waals surface area contributed by atoms with Crippen LogP contribution >= 0.6 is 0 Å². The Morgan fingerprint density at radius 3 is 2.72 bits per heavy atom. The van der Waals surface area contributed by atoms with Crippen LogP contribution in [0.4, 0.5) is 0 Å². The number of amides is 2. The molecule has 138 valence electrons. The minimum atomic E-state index is -0.153. The zero-order chi connectivity index (χ0) is 17.8. The van der Waals surface area contributed by atoms with Gasteiger partial charge in [0, 0.05) is 58.1 Å². The Balaban J connectivity index is 1.45. The fourth-order valence-electron chi connectivity index (χ4n) is 3.76. The van der Waals surface area contributed by atoms with E-state index in [1.807, 2.05) is 36.4 Å². The van der Waals surface area contributed by atoms with Gasteiger partial charge in [-0.05, 0) is 32.9 Å². The molecule has 2 aliphatic rings. The fraction of sp³-hybridized carbons (Fsp3) is 0.722. The van der Waals surface area contributed by atoms with Crippen LogP contribution in [0, 0.1) is 11.8 Å². The van der Waals surface area contributed by atoms with Crippen molar-refractivity contribution < 1.29 is 9.59 Å². The first-order chi connectivity index (χ1) is 12.0. The molecule has 2 aliphatic heterocycles. The lowest BCUT2D eigenvalue weighted by Crippen LogP contribution is -2.43. The van der Waals surface area contributed by atoms with Crippen molar-refractivity contribution in [3.05, 3.63) is 18.7 Å². The lowest BCUT2D eigenvalue weighted by atomic mass is 9.95. The lowest BCUT2D eigenvalue weighted by molar-refractivity contribution is -0.137. The van der Waals surface area contributed by atoms with Crippen LogP contribution < -0.4 is 0 Å². The van der Waals surface area contributed by atoms with E-state index in [9.17, 15) is 9.59 Å². The van der Waals surface area contributed by atoms with Crippen LogP contribution in [-0.2, 0) is 16.1 Å². The summed E-state index contributed by atoms with van der Waals surface area (Å²) in [4.78, 5) is 34.9. The number of carbonyl (C=O) groups is 2. The van der Waals surface area contributed by atoms with Gasteiger partial charge in [0.05, 0.1) is 12.2 Å². The van der Waals surface area contributed by atoms with Crippen LogP contribution in [0.25, 0.3) is 0 Å². The van der Waals surface area contributed by atoms with Gasteiger partial charge in [-0.1, -0.05) is 0 Å². The summed E-state index contributed by atoms with van der Waals surface area (Å²) in [7, 11) is 3.99. The highest BCUT2D eigenvalue weighted by Crippen LogP contribution is 2.24. The molecule has 2 saturated heterocycles. The smallest absolute Gasteiger partial charge is 0.227 e. The number of likely N-dealkylation sites (tertiary alicyclic amines) is 2. The van der Waals surface area contributed by atoms with Crippen LogP contribution in [0.15, 0.2) is 18.7 Å². The van der Waals surface area contributed by atoms with Crippen LogP contribution in [0.3, 0.4) is 0 Å². The van der Waals surface area contributed by atoms with E-state index in [1.165, 1.54) is 0 Å². The molecule has 2 amide bonds. The van der Waals surface area contributed by atoms with Gasteiger partial charge in [-0.25, -0.2) is 4.98 Å². The van der Waals surface area contributed by atoms with Crippen molar-refractivity contribution in [3.63, 3.8) is 0 Å². The topological polar surface area (TPSA) is 61.7 Å². The van der Waals surface area contributed by atoms with E-state index in [2.05, 4.69) is 14.5 Å². The van der Waals surface area contributed by atoms with Gasteiger partial charge in [-0.3, -0.25) is 9.59 Å². The summed E-state index contributed by atoms with van der Waals surface area (Å²) in [6.07, 6.45) is 8.07. The average Bonchev–Trinajstić information content (AvgIpc) is 3.23. The normalized spacial score (nSPS) is 22.2. The number of carbonyl (C=O) groups excluding carboxylic acids is 2. The maximum absolute atomic E-state index is 12.8. The van der Waals surface area contributed by atoms with Crippen molar-refractivity contribution in [2.24, 2.45) is 11.8 Å². The summed E-state index contributed by atoms with van der Waals surface area (Å²) in [6.45, 7) is 4.72. The van der Waals surface area contributed by atoms with Crippen LogP contribution in [0.2, 0.25) is 0 Å². The third-order valence-electron chi connectivity index (χ3n) is 5.34. The summed E-state index contributed by atoms with van der Waals surface area (Å²) < 4.78 is 2.11. The number of piperidine rings is 1. The summed E-state index contributed by atoms with van der Waals surface area (Å²) in [5, 5.41) is 0. The molecular weight excluding hydrogens is 318 g/mol. The molecule has 25 heavy (non-hydrogen) atoms. The lowest BCUT2D eigenvalue weighted by Gasteiger charge is -2.33. The quantitative estimate of drug-likeness (QED) is 0.753. The van der Waals surface area contributed by atoms with Gasteiger partial charge in [0.25, 0.3) is 0 Å². The highest BCUT2D eigenvalue weighted by atomic mass is 16.2. The molecule has 0 aliphatic carbocycles. The van der Waals surface area contributed by atoms with Gasteiger partial charge in [-0.2, -0.15) is 0 Å². The van der Waals surface area contributed by atoms with E-state index >= 15 is 0 Å². The zero-order valence-corrected chi connectivity index (χ0v) is 15.3. The highest BCUT2D eigenvalue weighted by molar-refractivity contribution is 5.89. The molecule has 0 N–H and O–H groups in total. The van der Waals surface area contributed by atoms with Crippen LogP contribution in [0.5, 0.6) is 0 Å². The predicted molar refractivity (Wildman–Crippen MR) is 94.8 cm³/mol. The summed E-state index contributed by atoms with van der Waals surface area (Å²) >= 11 is 0. The Morgan fingerprint density at radius 2 is 2.08 bits per heavy atom. The third kappa shape index (κ3) is 4.60. The molecule has 0 bridgehead atoms. The number of aromatic nitrogens is 2. The summed E-state index contributed by atoms with van der Waals surface area (Å²) in [6, 6.07) is 0. The van der Waals surface area contributed by atoms with E-state index in [-0.39, 0.29) is 17.7 Å². The minimum Gasteiger partial charge on any atom is -0.342 e. The molecule has 7 nitrogen and oxygen atoms in total. The van der Waals surface area contributed by atoms with E-state index < -0.39 is 0 Å². The van der Waals surface area contributed by atoms with Gasteiger partial charge in [0.1, 0.15) is 0 Å². The Kier molecular flexibility index (Phi) is 5.73. The van der Waals surface area contributed by atoms with E-state index in [4.69, 9.17) is 0 Å². The Morgan fingerprint density at radius 1 is 1.32 bits per heavy atom. The molecular formula is C18H29N5O2. The predicted octanol–water partition coefficient (Wildman–Crippen LogP) is 0.532. The number of hydrogen-bond donors (Lipinski definition) is 0. The molecule has 1 aromatic heterocycles. The number of imidazole rings is 1. The van der Waals surface area contributed by atoms with Gasteiger partial charge < -0.3 is 19.3 Å². The second-order valence-electron chi connectivity index (χ2n) is 7.57. The molecule has 1 aromatic rings. The molecule has 0 saturated carbocycles. The van der Waals surface area contributed by atoms with Crippen LogP contribution in [0.1, 0.15) is 19.3 Å².